The van der Waals surface area contributed by atoms with Gasteiger partial charge in [0, 0.05) is 25.0 Å². The highest BCUT2D eigenvalue weighted by Crippen LogP contribution is 2.48. The van der Waals surface area contributed by atoms with E-state index in [4.69, 9.17) is 4.74 Å². The fraction of sp³-hybridized carbons (Fsp3) is 0.714. The first-order chi connectivity index (χ1) is 16.5. The maximum atomic E-state index is 12.5. The Labute approximate surface area is 204 Å². The van der Waals surface area contributed by atoms with Crippen molar-refractivity contribution >= 4 is 12.0 Å². The number of amides is 2. The molecule has 0 radical (unpaired) electrons. The van der Waals surface area contributed by atoms with Crippen LogP contribution in [-0.4, -0.2) is 59.6 Å². The number of carbonyl (C=O) groups is 2. The van der Waals surface area contributed by atoms with E-state index in [0.29, 0.717) is 24.7 Å². The summed E-state index contributed by atoms with van der Waals surface area (Å²) in [7, 11) is 0. The van der Waals surface area contributed by atoms with Crippen molar-refractivity contribution in [1.29, 1.82) is 0 Å². The van der Waals surface area contributed by atoms with E-state index >= 15 is 0 Å². The molecule has 6 heteroatoms. The van der Waals surface area contributed by atoms with Crippen LogP contribution in [0.25, 0.3) is 0 Å². The molecule has 1 aromatic carbocycles. The summed E-state index contributed by atoms with van der Waals surface area (Å²) in [6.07, 6.45) is 11.3. The van der Waals surface area contributed by atoms with Crippen LogP contribution in [0, 0.1) is 0 Å². The van der Waals surface area contributed by atoms with Crippen LogP contribution < -0.4 is 5.32 Å². The first-order valence-electron chi connectivity index (χ1n) is 13.6. The van der Waals surface area contributed by atoms with E-state index in [9.17, 15) is 9.59 Å². The van der Waals surface area contributed by atoms with E-state index in [1.54, 1.807) is 6.92 Å². The smallest absolute Gasteiger partial charge is 0.410 e. The normalized spacial score (nSPS) is 30.8. The lowest BCUT2D eigenvalue weighted by Crippen LogP contribution is -2.51. The van der Waals surface area contributed by atoms with Gasteiger partial charge in [-0.05, 0) is 101 Å². The third-order valence-electron chi connectivity index (χ3n) is 9.23. The second kappa shape index (κ2) is 9.88. The van der Waals surface area contributed by atoms with E-state index < -0.39 is 0 Å². The van der Waals surface area contributed by atoms with E-state index in [-0.39, 0.29) is 23.5 Å². The summed E-state index contributed by atoms with van der Waals surface area (Å²) in [5.74, 6) is 0.0605. The van der Waals surface area contributed by atoms with E-state index in [1.165, 1.54) is 36.8 Å². The fourth-order valence-electron chi connectivity index (χ4n) is 7.53. The first-order valence-corrected chi connectivity index (χ1v) is 13.6. The number of carbonyl (C=O) groups excluding carboxylic acids is 2. The summed E-state index contributed by atoms with van der Waals surface area (Å²) in [6.45, 7) is 6.29. The van der Waals surface area contributed by atoms with Gasteiger partial charge in [-0.1, -0.05) is 24.3 Å². The predicted molar refractivity (Wildman–Crippen MR) is 133 cm³/mol. The molecule has 3 atom stereocenters. The summed E-state index contributed by atoms with van der Waals surface area (Å²) in [5, 5.41) is 3.18. The number of piperidine rings is 1. The standard InChI is InChI=1S/C28H41N3O3/c1-3-34-27(33)31-22-10-8-21(9-11-23(31)13-12-22)30-18-16-28(17-19-30)15-14-26(29-20(2)32)24-6-4-5-7-25(24)28/h4-7,21-23,26H,3,8-19H2,1-2H3,(H,29,32)/t21?,22?,23?,26-/m0/s1. The van der Waals surface area contributed by atoms with Gasteiger partial charge in [0.05, 0.1) is 12.6 Å². The maximum Gasteiger partial charge on any atom is 0.410 e. The monoisotopic (exact) mass is 467 g/mol. The molecule has 2 amide bonds. The van der Waals surface area contributed by atoms with Gasteiger partial charge in [-0.3, -0.25) is 4.79 Å². The maximum absolute atomic E-state index is 12.5. The van der Waals surface area contributed by atoms with Crippen molar-refractivity contribution in [1.82, 2.24) is 15.1 Å². The van der Waals surface area contributed by atoms with Crippen molar-refractivity contribution in [3.63, 3.8) is 0 Å². The van der Waals surface area contributed by atoms with Crippen LogP contribution in [0.3, 0.4) is 0 Å². The number of benzene rings is 1. The van der Waals surface area contributed by atoms with Gasteiger partial charge in [0.15, 0.2) is 0 Å². The average Bonchev–Trinajstić information content (AvgIpc) is 3.27. The summed E-state index contributed by atoms with van der Waals surface area (Å²) in [4.78, 5) is 29.1. The molecular weight excluding hydrogens is 426 g/mol. The Balaban J connectivity index is 1.24. The largest absolute Gasteiger partial charge is 0.450 e. The Morgan fingerprint density at radius 3 is 2.18 bits per heavy atom. The van der Waals surface area contributed by atoms with Gasteiger partial charge in [0.2, 0.25) is 5.91 Å². The molecule has 1 aromatic rings. The van der Waals surface area contributed by atoms with Gasteiger partial charge in [0.25, 0.3) is 0 Å². The molecule has 5 rings (SSSR count). The number of hydrogen-bond acceptors (Lipinski definition) is 4. The summed E-state index contributed by atoms with van der Waals surface area (Å²) in [6, 6.07) is 10.3. The number of ether oxygens (including phenoxy) is 1. The Morgan fingerprint density at radius 2 is 1.56 bits per heavy atom. The molecule has 0 saturated carbocycles. The van der Waals surface area contributed by atoms with Crippen molar-refractivity contribution in [2.75, 3.05) is 19.7 Å². The minimum absolute atomic E-state index is 0.0605. The zero-order chi connectivity index (χ0) is 23.7. The zero-order valence-corrected chi connectivity index (χ0v) is 20.9. The highest BCUT2D eigenvalue weighted by Gasteiger charge is 2.44. The summed E-state index contributed by atoms with van der Waals surface area (Å²) in [5.41, 5.74) is 3.06. The first kappa shape index (κ1) is 23.7. The average molecular weight is 468 g/mol. The van der Waals surface area contributed by atoms with Crippen LogP contribution in [0.1, 0.15) is 95.2 Å². The molecule has 0 aromatic heterocycles. The molecular formula is C28H41N3O3. The highest BCUT2D eigenvalue weighted by atomic mass is 16.6. The van der Waals surface area contributed by atoms with E-state index in [1.807, 2.05) is 6.92 Å². The summed E-state index contributed by atoms with van der Waals surface area (Å²) < 4.78 is 5.38. The molecule has 2 bridgehead atoms. The van der Waals surface area contributed by atoms with Crippen molar-refractivity contribution in [2.24, 2.45) is 0 Å². The minimum Gasteiger partial charge on any atom is -0.450 e. The van der Waals surface area contributed by atoms with Gasteiger partial charge >= 0.3 is 6.09 Å². The lowest BCUT2D eigenvalue weighted by atomic mass is 9.63. The van der Waals surface area contributed by atoms with Gasteiger partial charge in [-0.15, -0.1) is 0 Å². The Bertz CT molecular complexity index is 879. The van der Waals surface area contributed by atoms with Crippen molar-refractivity contribution in [3.8, 4) is 0 Å². The summed E-state index contributed by atoms with van der Waals surface area (Å²) >= 11 is 0. The number of nitrogens with zero attached hydrogens (tertiary/aromatic N) is 2. The molecule has 4 aliphatic rings. The van der Waals surface area contributed by atoms with Gasteiger partial charge < -0.3 is 19.9 Å². The molecule has 34 heavy (non-hydrogen) atoms. The number of hydrogen-bond donors (Lipinski definition) is 1. The van der Waals surface area contributed by atoms with Crippen molar-refractivity contribution < 1.29 is 14.3 Å². The van der Waals surface area contributed by atoms with E-state index in [0.717, 1.165) is 51.6 Å². The van der Waals surface area contributed by atoms with Crippen molar-refractivity contribution in [3.05, 3.63) is 35.4 Å². The van der Waals surface area contributed by atoms with Crippen LogP contribution in [0.5, 0.6) is 0 Å². The molecule has 2 unspecified atom stereocenters. The van der Waals surface area contributed by atoms with Crippen LogP contribution in [0.15, 0.2) is 24.3 Å². The minimum atomic E-state index is -0.0955. The van der Waals surface area contributed by atoms with Gasteiger partial charge in [-0.2, -0.15) is 0 Å². The topological polar surface area (TPSA) is 61.9 Å². The van der Waals surface area contributed by atoms with Crippen LogP contribution in [-0.2, 0) is 14.9 Å². The molecule has 6 nitrogen and oxygen atoms in total. The number of fused-ring (bicyclic) bond motifs is 4. The van der Waals surface area contributed by atoms with Crippen molar-refractivity contribution in [2.45, 2.75) is 108 Å². The molecule has 186 valence electrons. The number of likely N-dealkylation sites (tertiary alicyclic amines) is 1. The Hall–Kier alpha value is -2.08. The lowest BCUT2D eigenvalue weighted by molar-refractivity contribution is -0.119. The lowest BCUT2D eigenvalue weighted by Gasteiger charge is -2.49. The zero-order valence-electron chi connectivity index (χ0n) is 20.9. The van der Waals surface area contributed by atoms with Crippen LogP contribution in [0.2, 0.25) is 0 Å². The molecule has 1 spiro atoms. The fourth-order valence-corrected chi connectivity index (χ4v) is 7.53. The molecule has 3 heterocycles. The SMILES string of the molecule is CCOC(=O)N1C2CCC(N3CCC4(CC[C@H](NC(C)=O)c5ccccc54)CC3)CCC1CC2. The number of nitrogens with one attached hydrogen (secondary N) is 1. The molecule has 1 N–H and O–H groups in total. The van der Waals surface area contributed by atoms with Crippen LogP contribution in [0.4, 0.5) is 4.79 Å². The van der Waals surface area contributed by atoms with Crippen LogP contribution >= 0.6 is 0 Å². The quantitative estimate of drug-likeness (QED) is 0.685. The van der Waals surface area contributed by atoms with E-state index in [2.05, 4.69) is 39.4 Å². The Kier molecular flexibility index (Phi) is 6.88. The Morgan fingerprint density at radius 1 is 0.941 bits per heavy atom. The molecule has 3 aliphatic heterocycles. The van der Waals surface area contributed by atoms with Gasteiger partial charge in [0.1, 0.15) is 0 Å². The third-order valence-corrected chi connectivity index (χ3v) is 9.23. The van der Waals surface area contributed by atoms with Gasteiger partial charge in [-0.25, -0.2) is 4.79 Å². The molecule has 1 aliphatic carbocycles. The number of rotatable bonds is 3. The third kappa shape index (κ3) is 4.46. The second-order valence-electron chi connectivity index (χ2n) is 11.0. The predicted octanol–water partition coefficient (Wildman–Crippen LogP) is 4.92. The highest BCUT2D eigenvalue weighted by molar-refractivity contribution is 5.73. The molecule has 3 fully saturated rings. The molecule has 3 saturated heterocycles. The second-order valence-corrected chi connectivity index (χ2v) is 11.0.